The van der Waals surface area contributed by atoms with Crippen LogP contribution in [-0.2, 0) is 28.3 Å². The van der Waals surface area contributed by atoms with Crippen molar-refractivity contribution >= 4 is 7.60 Å². The summed E-state index contributed by atoms with van der Waals surface area (Å²) in [6, 6.07) is 15.2. The molecule has 1 atom stereocenters. The number of rotatable bonds is 3. The standard InChI is InChI=1S/C17H15O3P/c1-2-7-14-8-3-4-10-16(14)13-21(18)19-12-15-9-5-6-11-17(15)20-21/h1,3-6,8-11H,7,12-13H2. The van der Waals surface area contributed by atoms with E-state index in [2.05, 4.69) is 5.92 Å². The normalized spacial score (nSPS) is 20.1. The first-order chi connectivity index (χ1) is 10.2. The van der Waals surface area contributed by atoms with Crippen molar-refractivity contribution in [2.75, 3.05) is 0 Å². The van der Waals surface area contributed by atoms with Gasteiger partial charge in [-0.05, 0) is 17.2 Å². The van der Waals surface area contributed by atoms with E-state index in [1.165, 1.54) is 0 Å². The molecule has 21 heavy (non-hydrogen) atoms. The van der Waals surface area contributed by atoms with Crippen LogP contribution in [0.1, 0.15) is 16.7 Å². The van der Waals surface area contributed by atoms with E-state index >= 15 is 0 Å². The second kappa shape index (κ2) is 5.77. The Morgan fingerprint density at radius 2 is 1.81 bits per heavy atom. The zero-order valence-corrected chi connectivity index (χ0v) is 12.4. The van der Waals surface area contributed by atoms with E-state index in [-0.39, 0.29) is 6.16 Å². The van der Waals surface area contributed by atoms with Gasteiger partial charge in [0.15, 0.2) is 0 Å². The maximum atomic E-state index is 12.8. The quantitative estimate of drug-likeness (QED) is 0.630. The van der Waals surface area contributed by atoms with Gasteiger partial charge in [-0.3, -0.25) is 4.52 Å². The first-order valence-electron chi connectivity index (χ1n) is 6.71. The van der Waals surface area contributed by atoms with Gasteiger partial charge in [0.2, 0.25) is 0 Å². The molecule has 0 spiro atoms. The fourth-order valence-electron chi connectivity index (χ4n) is 2.34. The first kappa shape index (κ1) is 13.9. The number of hydrogen-bond acceptors (Lipinski definition) is 3. The summed E-state index contributed by atoms with van der Waals surface area (Å²) >= 11 is 0. The van der Waals surface area contributed by atoms with Gasteiger partial charge in [0.1, 0.15) is 5.75 Å². The minimum absolute atomic E-state index is 0.235. The van der Waals surface area contributed by atoms with E-state index < -0.39 is 7.60 Å². The van der Waals surface area contributed by atoms with Crippen molar-refractivity contribution < 1.29 is 13.6 Å². The number of benzene rings is 2. The summed E-state index contributed by atoms with van der Waals surface area (Å²) in [5.41, 5.74) is 2.82. The van der Waals surface area contributed by atoms with E-state index in [4.69, 9.17) is 15.5 Å². The summed E-state index contributed by atoms with van der Waals surface area (Å²) in [4.78, 5) is 0. The number of fused-ring (bicyclic) bond motifs is 1. The predicted octanol–water partition coefficient (Wildman–Crippen LogP) is 4.16. The Hall–Kier alpha value is -2.01. The Morgan fingerprint density at radius 1 is 1.10 bits per heavy atom. The molecular formula is C17H15O3P. The summed E-state index contributed by atoms with van der Waals surface area (Å²) in [6.45, 7) is 0.310. The van der Waals surface area contributed by atoms with Crippen molar-refractivity contribution in [3.8, 4) is 18.1 Å². The van der Waals surface area contributed by atoms with Gasteiger partial charge in [-0.25, -0.2) is 4.57 Å². The molecule has 2 aromatic carbocycles. The fourth-order valence-corrected chi connectivity index (χ4v) is 4.08. The van der Waals surface area contributed by atoms with Crippen LogP contribution in [-0.4, -0.2) is 0 Å². The number of para-hydroxylation sites is 1. The lowest BCUT2D eigenvalue weighted by atomic mass is 10.1. The Morgan fingerprint density at radius 3 is 2.62 bits per heavy atom. The van der Waals surface area contributed by atoms with Crippen LogP contribution in [0, 0.1) is 12.3 Å². The zero-order chi connectivity index (χ0) is 14.7. The highest BCUT2D eigenvalue weighted by atomic mass is 31.2. The molecule has 0 aliphatic carbocycles. The molecule has 0 N–H and O–H groups in total. The van der Waals surface area contributed by atoms with E-state index in [0.717, 1.165) is 16.7 Å². The Balaban J connectivity index is 1.86. The lowest BCUT2D eigenvalue weighted by molar-refractivity contribution is 0.231. The minimum atomic E-state index is -3.19. The second-order valence-electron chi connectivity index (χ2n) is 4.89. The van der Waals surface area contributed by atoms with E-state index in [0.29, 0.717) is 18.8 Å². The predicted molar refractivity (Wildman–Crippen MR) is 82.1 cm³/mol. The Labute approximate surface area is 124 Å². The number of hydrogen-bond donors (Lipinski definition) is 0. The largest absolute Gasteiger partial charge is 0.424 e. The molecule has 1 aliphatic heterocycles. The van der Waals surface area contributed by atoms with Crippen LogP contribution in [0.25, 0.3) is 0 Å². The van der Waals surface area contributed by atoms with Crippen molar-refractivity contribution in [3.63, 3.8) is 0 Å². The molecule has 4 heteroatoms. The highest BCUT2D eigenvalue weighted by molar-refractivity contribution is 7.53. The smallest absolute Gasteiger partial charge is 0.383 e. The maximum Gasteiger partial charge on any atom is 0.383 e. The summed E-state index contributed by atoms with van der Waals surface area (Å²) in [5.74, 6) is 3.26. The fraction of sp³-hybridized carbons (Fsp3) is 0.176. The minimum Gasteiger partial charge on any atom is -0.424 e. The van der Waals surface area contributed by atoms with Gasteiger partial charge in [-0.15, -0.1) is 12.3 Å². The van der Waals surface area contributed by atoms with E-state index in [9.17, 15) is 4.57 Å². The molecule has 2 aromatic rings. The van der Waals surface area contributed by atoms with Crippen LogP contribution >= 0.6 is 7.60 Å². The zero-order valence-electron chi connectivity index (χ0n) is 11.5. The highest BCUT2D eigenvalue weighted by Gasteiger charge is 2.32. The van der Waals surface area contributed by atoms with Crippen LogP contribution in [0.15, 0.2) is 48.5 Å². The third kappa shape index (κ3) is 3.03. The van der Waals surface area contributed by atoms with E-state index in [1.807, 2.05) is 48.5 Å². The van der Waals surface area contributed by atoms with Gasteiger partial charge in [0.25, 0.3) is 0 Å². The monoisotopic (exact) mass is 298 g/mol. The van der Waals surface area contributed by atoms with E-state index in [1.54, 1.807) is 0 Å². The third-order valence-corrected chi connectivity index (χ3v) is 5.13. The molecule has 0 bridgehead atoms. The summed E-state index contributed by atoms with van der Waals surface area (Å²) < 4.78 is 24.0. The van der Waals surface area contributed by atoms with Gasteiger partial charge in [0, 0.05) is 12.0 Å². The molecular weight excluding hydrogens is 283 g/mol. The van der Waals surface area contributed by atoms with Crippen molar-refractivity contribution in [1.82, 2.24) is 0 Å². The van der Waals surface area contributed by atoms with Gasteiger partial charge >= 0.3 is 7.60 Å². The third-order valence-electron chi connectivity index (χ3n) is 3.40. The molecule has 106 valence electrons. The molecule has 0 saturated carbocycles. The lowest BCUT2D eigenvalue weighted by Gasteiger charge is -2.26. The molecule has 0 saturated heterocycles. The van der Waals surface area contributed by atoms with Crippen LogP contribution in [0.4, 0.5) is 0 Å². The average Bonchev–Trinajstić information content (AvgIpc) is 2.49. The molecule has 0 radical (unpaired) electrons. The summed E-state index contributed by atoms with van der Waals surface area (Å²) in [6.07, 6.45) is 6.12. The van der Waals surface area contributed by atoms with Crippen molar-refractivity contribution in [1.29, 1.82) is 0 Å². The van der Waals surface area contributed by atoms with Gasteiger partial charge < -0.3 is 4.52 Å². The molecule has 0 fully saturated rings. The van der Waals surface area contributed by atoms with Crippen LogP contribution in [0.3, 0.4) is 0 Å². The molecule has 1 aliphatic rings. The summed E-state index contributed by atoms with van der Waals surface area (Å²) in [5, 5.41) is 0. The second-order valence-corrected chi connectivity index (χ2v) is 6.87. The van der Waals surface area contributed by atoms with Crippen molar-refractivity contribution in [3.05, 3.63) is 65.2 Å². The summed E-state index contributed by atoms with van der Waals surface area (Å²) in [7, 11) is -3.19. The van der Waals surface area contributed by atoms with Crippen molar-refractivity contribution in [2.24, 2.45) is 0 Å². The molecule has 1 heterocycles. The van der Waals surface area contributed by atoms with Crippen LogP contribution < -0.4 is 4.52 Å². The van der Waals surface area contributed by atoms with Gasteiger partial charge in [-0.1, -0.05) is 42.5 Å². The Bertz CT molecular complexity index is 746. The maximum absolute atomic E-state index is 12.8. The van der Waals surface area contributed by atoms with Crippen molar-refractivity contribution in [2.45, 2.75) is 19.2 Å². The highest BCUT2D eigenvalue weighted by Crippen LogP contribution is 2.56. The molecule has 0 aromatic heterocycles. The molecule has 1 unspecified atom stereocenters. The molecule has 3 nitrogen and oxygen atoms in total. The SMILES string of the molecule is C#CCc1ccccc1CP1(=O)OCc2ccccc2O1. The molecule has 0 amide bonds. The first-order valence-corrected chi connectivity index (χ1v) is 8.44. The Kier molecular flexibility index (Phi) is 3.84. The average molecular weight is 298 g/mol. The van der Waals surface area contributed by atoms with Gasteiger partial charge in [0.05, 0.1) is 12.8 Å². The molecule has 3 rings (SSSR count). The van der Waals surface area contributed by atoms with Crippen LogP contribution in [0.2, 0.25) is 0 Å². The topological polar surface area (TPSA) is 35.5 Å². The number of terminal acetylenes is 1. The lowest BCUT2D eigenvalue weighted by Crippen LogP contribution is -2.09. The van der Waals surface area contributed by atoms with Crippen LogP contribution in [0.5, 0.6) is 5.75 Å². The van der Waals surface area contributed by atoms with Gasteiger partial charge in [-0.2, -0.15) is 0 Å².